The number of para-hydroxylation sites is 4. The number of ether oxygens (including phenoxy) is 4. The number of halogens is 2. The van der Waals surface area contributed by atoms with Crippen molar-refractivity contribution in [2.45, 2.75) is 45.3 Å². The van der Waals surface area contributed by atoms with Gasteiger partial charge < -0.3 is 34.7 Å². The van der Waals surface area contributed by atoms with Gasteiger partial charge in [-0.1, -0.05) is 48.0 Å². The van der Waals surface area contributed by atoms with Gasteiger partial charge in [-0.15, -0.1) is 0 Å². The van der Waals surface area contributed by atoms with Crippen LogP contribution in [0.5, 0.6) is 23.0 Å². The maximum absolute atomic E-state index is 14.5. The number of amides is 2. The highest BCUT2D eigenvalue weighted by Gasteiger charge is 2.56. The summed E-state index contributed by atoms with van der Waals surface area (Å²) in [6, 6.07) is 22.6. The molecule has 4 unspecified atom stereocenters. The molecule has 1 fully saturated rings. The lowest BCUT2D eigenvalue weighted by Crippen LogP contribution is -2.56. The van der Waals surface area contributed by atoms with Crippen molar-refractivity contribution < 1.29 is 42.8 Å². The molecule has 5 rings (SSSR count). The lowest BCUT2D eigenvalue weighted by Gasteiger charge is -2.44. The van der Waals surface area contributed by atoms with E-state index in [0.717, 1.165) is 0 Å². The van der Waals surface area contributed by atoms with E-state index in [9.17, 15) is 23.9 Å². The first kappa shape index (κ1) is 37.1. The number of rotatable bonds is 13. The number of hydrogen-bond donors (Lipinski definition) is 3. The van der Waals surface area contributed by atoms with Gasteiger partial charge in [-0.3, -0.25) is 14.4 Å². The summed E-state index contributed by atoms with van der Waals surface area (Å²) >= 11 is 6.20. The number of nitrogens with one attached hydrogen (secondary N) is 2. The number of aliphatic hydroxyl groups is 1. The maximum Gasteiger partial charge on any atom is 0.235 e. The van der Waals surface area contributed by atoms with Gasteiger partial charge in [0.15, 0.2) is 11.5 Å². The van der Waals surface area contributed by atoms with Crippen molar-refractivity contribution in [3.8, 4) is 23.0 Å². The van der Waals surface area contributed by atoms with Gasteiger partial charge in [-0.05, 0) is 74.9 Å². The monoisotopic (exact) mass is 718 g/mol. The van der Waals surface area contributed by atoms with Crippen LogP contribution in [0.15, 0.2) is 84.9 Å². The Bertz CT molecular complexity index is 1880. The molecule has 0 saturated heterocycles. The molecule has 2 amide bonds. The summed E-state index contributed by atoms with van der Waals surface area (Å²) in [5.74, 6) is -5.15. The van der Waals surface area contributed by atoms with Crippen LogP contribution in [0.4, 0.5) is 15.8 Å². The zero-order valence-electron chi connectivity index (χ0n) is 28.7. The first-order chi connectivity index (χ1) is 24.5. The third kappa shape index (κ3) is 8.27. The molecule has 12 heteroatoms. The van der Waals surface area contributed by atoms with Gasteiger partial charge in [0.05, 0.1) is 48.2 Å². The van der Waals surface area contributed by atoms with Gasteiger partial charge in [0.2, 0.25) is 11.8 Å². The quantitative estimate of drug-likeness (QED) is 0.124. The Kier molecular flexibility index (Phi) is 11.8. The summed E-state index contributed by atoms with van der Waals surface area (Å²) in [5.41, 5.74) is -0.694. The molecule has 0 aromatic heterocycles. The second-order valence-electron chi connectivity index (χ2n) is 12.2. The lowest BCUT2D eigenvalue weighted by atomic mass is 9.61. The molecule has 0 bridgehead atoms. The Morgan fingerprint density at radius 2 is 1.45 bits per heavy atom. The Morgan fingerprint density at radius 3 is 2.04 bits per heavy atom. The minimum Gasteiger partial charge on any atom is -0.493 e. The molecule has 0 spiro atoms. The first-order valence-corrected chi connectivity index (χ1v) is 16.9. The van der Waals surface area contributed by atoms with Crippen LogP contribution in [0.25, 0.3) is 0 Å². The first-order valence-electron chi connectivity index (χ1n) is 16.5. The van der Waals surface area contributed by atoms with Crippen LogP contribution in [0, 0.1) is 17.7 Å². The van der Waals surface area contributed by atoms with Crippen LogP contribution in [0.1, 0.15) is 44.2 Å². The van der Waals surface area contributed by atoms with Gasteiger partial charge in [0.25, 0.3) is 0 Å². The van der Waals surface area contributed by atoms with Gasteiger partial charge in [-0.25, -0.2) is 4.39 Å². The second kappa shape index (κ2) is 16.3. The van der Waals surface area contributed by atoms with Crippen LogP contribution in [-0.4, -0.2) is 48.6 Å². The van der Waals surface area contributed by atoms with Crippen LogP contribution in [0.2, 0.25) is 5.02 Å². The number of anilines is 2. The van der Waals surface area contributed by atoms with E-state index in [4.69, 9.17) is 30.5 Å². The number of ketones is 1. The number of carbonyl (C=O) groups is 3. The largest absolute Gasteiger partial charge is 0.493 e. The average Bonchev–Trinajstić information content (AvgIpc) is 3.09. The number of benzene rings is 4. The highest BCUT2D eigenvalue weighted by molar-refractivity contribution is 6.31. The van der Waals surface area contributed by atoms with Gasteiger partial charge in [0, 0.05) is 17.9 Å². The highest BCUT2D eigenvalue weighted by Crippen LogP contribution is 2.48. The smallest absolute Gasteiger partial charge is 0.235 e. The minimum absolute atomic E-state index is 0.146. The summed E-state index contributed by atoms with van der Waals surface area (Å²) in [6.07, 6.45) is -0.471. The Hall–Kier alpha value is -5.13. The molecule has 0 heterocycles. The van der Waals surface area contributed by atoms with Crippen LogP contribution < -0.4 is 29.6 Å². The molecule has 4 aromatic carbocycles. The van der Waals surface area contributed by atoms with E-state index in [1.165, 1.54) is 32.2 Å². The molecule has 0 radical (unpaired) electrons. The number of hydrogen-bond acceptors (Lipinski definition) is 8. The molecule has 4 atom stereocenters. The zero-order chi connectivity index (χ0) is 36.7. The van der Waals surface area contributed by atoms with Crippen molar-refractivity contribution in [3.05, 3.63) is 107 Å². The fourth-order valence-electron chi connectivity index (χ4n) is 6.45. The fourth-order valence-corrected chi connectivity index (χ4v) is 6.66. The van der Waals surface area contributed by atoms with Crippen molar-refractivity contribution in [1.29, 1.82) is 0 Å². The molecule has 10 nitrogen and oxygen atoms in total. The second-order valence-corrected chi connectivity index (χ2v) is 12.6. The zero-order valence-corrected chi connectivity index (χ0v) is 29.5. The molecule has 1 saturated carbocycles. The van der Waals surface area contributed by atoms with Crippen LogP contribution in [-0.2, 0) is 21.0 Å². The molecule has 268 valence electrons. The van der Waals surface area contributed by atoms with E-state index in [0.29, 0.717) is 41.7 Å². The van der Waals surface area contributed by atoms with Crippen molar-refractivity contribution in [1.82, 2.24) is 0 Å². The molecule has 0 aliphatic heterocycles. The third-order valence-corrected chi connectivity index (χ3v) is 9.08. The fraction of sp³-hybridized carbons (Fsp3) is 0.308. The number of Topliss-reactive ketones (excluding diaryl/α,β-unsaturated/α-hetero) is 1. The predicted octanol–water partition coefficient (Wildman–Crippen LogP) is 7.18. The Balaban J connectivity index is 1.58. The molecule has 3 N–H and O–H groups in total. The standard InChI is InChI=1S/C39H40ClFN2O8/c1-5-49-30-16-9-7-14-27(30)42-37(45)35-29(44)21-39(3,47)36(38(46)43-28-15-8-10-17-31(28)50-6-2)34(35)23-18-19-32(33(20-23)48-4)51-22-24-25(40)12-11-13-26(24)41/h7-20,34-36,47H,5-6,21-22H2,1-4H3,(H,42,45)(H,43,46). The predicted molar refractivity (Wildman–Crippen MR) is 191 cm³/mol. The van der Waals surface area contributed by atoms with E-state index in [1.807, 2.05) is 6.92 Å². The summed E-state index contributed by atoms with van der Waals surface area (Å²) < 4.78 is 37.4. The van der Waals surface area contributed by atoms with Crippen molar-refractivity contribution in [2.75, 3.05) is 31.0 Å². The molecular weight excluding hydrogens is 679 g/mol. The van der Waals surface area contributed by atoms with Gasteiger partial charge >= 0.3 is 0 Å². The SMILES string of the molecule is CCOc1ccccc1NC(=O)C1C(=O)CC(C)(O)C(C(=O)Nc2ccccc2OCC)C1c1ccc(OCc2c(F)cccc2Cl)c(OC)c1. The number of carbonyl (C=O) groups excluding carboxylic acids is 3. The Morgan fingerprint density at radius 1 is 0.843 bits per heavy atom. The van der Waals surface area contributed by atoms with E-state index < -0.39 is 53.2 Å². The molecule has 51 heavy (non-hydrogen) atoms. The van der Waals surface area contributed by atoms with Crippen molar-refractivity contribution in [2.24, 2.45) is 11.8 Å². The van der Waals surface area contributed by atoms with Gasteiger partial charge in [0.1, 0.15) is 35.6 Å². The van der Waals surface area contributed by atoms with Crippen LogP contribution >= 0.6 is 11.6 Å². The highest BCUT2D eigenvalue weighted by atomic mass is 35.5. The topological polar surface area (TPSA) is 132 Å². The lowest BCUT2D eigenvalue weighted by molar-refractivity contribution is -0.150. The molecular formula is C39H40ClFN2O8. The normalized spacial score (nSPS) is 19.9. The average molecular weight is 719 g/mol. The third-order valence-electron chi connectivity index (χ3n) is 8.73. The van der Waals surface area contributed by atoms with Crippen LogP contribution in [0.3, 0.4) is 0 Å². The van der Waals surface area contributed by atoms with E-state index >= 15 is 0 Å². The summed E-state index contributed by atoms with van der Waals surface area (Å²) in [4.78, 5) is 42.5. The summed E-state index contributed by atoms with van der Waals surface area (Å²) in [7, 11) is 1.40. The maximum atomic E-state index is 14.5. The van der Waals surface area contributed by atoms with Crippen molar-refractivity contribution in [3.63, 3.8) is 0 Å². The summed E-state index contributed by atoms with van der Waals surface area (Å²) in [5, 5.41) is 17.7. The summed E-state index contributed by atoms with van der Waals surface area (Å²) in [6.45, 7) is 5.48. The number of methoxy groups -OCH3 is 1. The van der Waals surface area contributed by atoms with Gasteiger partial charge in [-0.2, -0.15) is 0 Å². The van der Waals surface area contributed by atoms with E-state index in [2.05, 4.69) is 10.6 Å². The minimum atomic E-state index is -1.88. The Labute approximate surface area is 300 Å². The molecule has 4 aromatic rings. The molecule has 1 aliphatic rings. The van der Waals surface area contributed by atoms with Crippen molar-refractivity contribution >= 4 is 40.6 Å². The molecule has 1 aliphatic carbocycles. The van der Waals surface area contributed by atoms with E-state index in [1.54, 1.807) is 73.7 Å². The van der Waals surface area contributed by atoms with E-state index in [-0.39, 0.29) is 28.7 Å².